The number of benzene rings is 3. The number of amides is 2. The molecule has 0 saturated carbocycles. The highest BCUT2D eigenvalue weighted by atomic mass is 16.2. The maximum atomic E-state index is 13.1. The van der Waals surface area contributed by atoms with Crippen LogP contribution in [-0.2, 0) is 6.42 Å². The quantitative estimate of drug-likeness (QED) is 0.432. The summed E-state index contributed by atoms with van der Waals surface area (Å²) in [5.74, 6) is 1.77. The molecule has 3 aromatic carbocycles. The van der Waals surface area contributed by atoms with Crippen molar-refractivity contribution in [3.05, 3.63) is 94.9 Å². The van der Waals surface area contributed by atoms with Crippen LogP contribution in [0.15, 0.2) is 66.7 Å². The summed E-state index contributed by atoms with van der Waals surface area (Å²) in [6, 6.07) is 22.7. The van der Waals surface area contributed by atoms with Crippen LogP contribution in [-0.4, -0.2) is 47.1 Å². The van der Waals surface area contributed by atoms with Gasteiger partial charge in [0.05, 0.1) is 5.69 Å². The molecule has 2 heterocycles. The van der Waals surface area contributed by atoms with E-state index < -0.39 is 0 Å². The molecule has 0 aliphatic carbocycles. The van der Waals surface area contributed by atoms with Crippen LogP contribution in [0.2, 0.25) is 0 Å². The summed E-state index contributed by atoms with van der Waals surface area (Å²) in [7, 11) is 0. The first-order valence-corrected chi connectivity index (χ1v) is 12.2. The molecule has 1 aliphatic heterocycles. The van der Waals surface area contributed by atoms with Crippen molar-refractivity contribution in [1.29, 1.82) is 0 Å². The van der Waals surface area contributed by atoms with Gasteiger partial charge in [-0.3, -0.25) is 0 Å². The molecule has 0 unspecified atom stereocenters. The minimum Gasteiger partial charge on any atom is -0.353 e. The van der Waals surface area contributed by atoms with Crippen LogP contribution < -0.4 is 10.2 Å². The number of aryl methyl sites for hydroxylation is 3. The average molecular weight is 466 g/mol. The molecule has 6 heteroatoms. The monoisotopic (exact) mass is 465 g/mol. The minimum atomic E-state index is -0.0593. The average Bonchev–Trinajstić information content (AvgIpc) is 2.87. The van der Waals surface area contributed by atoms with Crippen LogP contribution in [0, 0.1) is 20.8 Å². The van der Waals surface area contributed by atoms with Gasteiger partial charge < -0.3 is 15.1 Å². The number of urea groups is 1. The van der Waals surface area contributed by atoms with E-state index in [1.165, 1.54) is 11.1 Å². The zero-order valence-corrected chi connectivity index (χ0v) is 20.6. The van der Waals surface area contributed by atoms with Gasteiger partial charge in [0.15, 0.2) is 0 Å². The Morgan fingerprint density at radius 2 is 1.57 bits per heavy atom. The number of aromatic nitrogens is 2. The SMILES string of the molecule is Cc1ccc(Cc2c(C)nc(C)nc2N2CCN(C(=O)Nc3cccc4ccccc34)CC2)cc1. The third-order valence-corrected chi connectivity index (χ3v) is 6.70. The van der Waals surface area contributed by atoms with Gasteiger partial charge in [0.2, 0.25) is 0 Å². The van der Waals surface area contributed by atoms with Gasteiger partial charge in [-0.25, -0.2) is 14.8 Å². The molecule has 1 fully saturated rings. The molecule has 6 nitrogen and oxygen atoms in total. The van der Waals surface area contributed by atoms with E-state index in [4.69, 9.17) is 4.98 Å². The van der Waals surface area contributed by atoms with Crippen molar-refractivity contribution < 1.29 is 4.79 Å². The molecule has 1 N–H and O–H groups in total. The number of piperazine rings is 1. The maximum Gasteiger partial charge on any atom is 0.321 e. The summed E-state index contributed by atoms with van der Waals surface area (Å²) < 4.78 is 0. The van der Waals surface area contributed by atoms with Gasteiger partial charge in [0.1, 0.15) is 11.6 Å². The molecule has 4 aromatic rings. The predicted molar refractivity (Wildman–Crippen MR) is 142 cm³/mol. The summed E-state index contributed by atoms with van der Waals surface area (Å²) >= 11 is 0. The largest absolute Gasteiger partial charge is 0.353 e. The number of hydrogen-bond donors (Lipinski definition) is 1. The minimum absolute atomic E-state index is 0.0593. The molecule has 0 spiro atoms. The number of nitrogens with one attached hydrogen (secondary N) is 1. The predicted octanol–water partition coefficient (Wildman–Crippen LogP) is 5.50. The lowest BCUT2D eigenvalue weighted by Crippen LogP contribution is -2.50. The molecule has 5 rings (SSSR count). The van der Waals surface area contributed by atoms with Gasteiger partial charge in [-0.15, -0.1) is 0 Å². The summed E-state index contributed by atoms with van der Waals surface area (Å²) in [6.07, 6.45) is 0.795. The second kappa shape index (κ2) is 9.74. The van der Waals surface area contributed by atoms with E-state index in [0.717, 1.165) is 58.9 Å². The molecule has 35 heavy (non-hydrogen) atoms. The standard InChI is InChI=1S/C29H31N5O/c1-20-11-13-23(14-12-20)19-26-21(2)30-22(3)31-28(26)33-15-17-34(18-16-33)29(35)32-27-10-6-8-24-7-4-5-9-25(24)27/h4-14H,15-19H2,1-3H3,(H,32,35). The number of hydrogen-bond acceptors (Lipinski definition) is 4. The number of carbonyl (C=O) groups excluding carboxylic acids is 1. The summed E-state index contributed by atoms with van der Waals surface area (Å²) in [6.45, 7) is 8.87. The molecule has 1 aromatic heterocycles. The van der Waals surface area contributed by atoms with Gasteiger partial charge in [-0.2, -0.15) is 0 Å². The summed E-state index contributed by atoms with van der Waals surface area (Å²) in [5, 5.41) is 5.29. The van der Waals surface area contributed by atoms with Crippen molar-refractivity contribution in [2.75, 3.05) is 36.4 Å². The van der Waals surface area contributed by atoms with Crippen LogP contribution >= 0.6 is 0 Å². The fourth-order valence-electron chi connectivity index (χ4n) is 4.75. The third-order valence-electron chi connectivity index (χ3n) is 6.70. The first kappa shape index (κ1) is 22.8. The Labute approximate surface area is 206 Å². The molecule has 0 bridgehead atoms. The third kappa shape index (κ3) is 4.97. The molecule has 1 aliphatic rings. The number of fused-ring (bicyclic) bond motifs is 1. The van der Waals surface area contributed by atoms with E-state index in [1.54, 1.807) is 0 Å². The lowest BCUT2D eigenvalue weighted by molar-refractivity contribution is 0.208. The highest BCUT2D eigenvalue weighted by Gasteiger charge is 2.25. The first-order chi connectivity index (χ1) is 17.0. The Hall–Kier alpha value is -3.93. The Morgan fingerprint density at radius 1 is 0.857 bits per heavy atom. The maximum absolute atomic E-state index is 13.1. The fourth-order valence-corrected chi connectivity index (χ4v) is 4.75. The Kier molecular flexibility index (Phi) is 6.36. The molecule has 0 atom stereocenters. The van der Waals surface area contributed by atoms with Gasteiger partial charge in [-0.05, 0) is 37.8 Å². The van der Waals surface area contributed by atoms with Crippen molar-refractivity contribution in [2.24, 2.45) is 0 Å². The summed E-state index contributed by atoms with van der Waals surface area (Å²) in [4.78, 5) is 26.7. The van der Waals surface area contributed by atoms with E-state index in [-0.39, 0.29) is 6.03 Å². The van der Waals surface area contributed by atoms with Crippen LogP contribution in [0.1, 0.15) is 28.2 Å². The van der Waals surface area contributed by atoms with Gasteiger partial charge in [0, 0.05) is 49.2 Å². The van der Waals surface area contributed by atoms with E-state index >= 15 is 0 Å². The Balaban J connectivity index is 1.30. The van der Waals surface area contributed by atoms with Crippen LogP contribution in [0.5, 0.6) is 0 Å². The number of nitrogens with zero attached hydrogens (tertiary/aromatic N) is 4. The second-order valence-corrected chi connectivity index (χ2v) is 9.25. The van der Waals surface area contributed by atoms with Gasteiger partial charge in [0.25, 0.3) is 0 Å². The van der Waals surface area contributed by atoms with E-state index in [0.29, 0.717) is 13.1 Å². The molecule has 0 radical (unpaired) electrons. The van der Waals surface area contributed by atoms with Gasteiger partial charge in [-0.1, -0.05) is 66.2 Å². The van der Waals surface area contributed by atoms with E-state index in [9.17, 15) is 4.79 Å². The number of rotatable bonds is 4. The number of anilines is 2. The van der Waals surface area contributed by atoms with Crippen molar-refractivity contribution in [2.45, 2.75) is 27.2 Å². The lowest BCUT2D eigenvalue weighted by Gasteiger charge is -2.36. The van der Waals surface area contributed by atoms with E-state index in [1.807, 2.05) is 42.2 Å². The highest BCUT2D eigenvalue weighted by molar-refractivity contribution is 6.01. The molecule has 2 amide bonds. The van der Waals surface area contributed by atoms with Gasteiger partial charge >= 0.3 is 6.03 Å². The highest BCUT2D eigenvalue weighted by Crippen LogP contribution is 2.26. The molecule has 1 saturated heterocycles. The molecular formula is C29H31N5O. The zero-order chi connectivity index (χ0) is 24.4. The first-order valence-electron chi connectivity index (χ1n) is 12.2. The lowest BCUT2D eigenvalue weighted by atomic mass is 10.0. The number of carbonyl (C=O) groups is 1. The molecular weight excluding hydrogens is 434 g/mol. The van der Waals surface area contributed by atoms with E-state index in [2.05, 4.69) is 65.4 Å². The van der Waals surface area contributed by atoms with Crippen LogP contribution in [0.3, 0.4) is 0 Å². The van der Waals surface area contributed by atoms with Crippen LogP contribution in [0.4, 0.5) is 16.3 Å². The van der Waals surface area contributed by atoms with Crippen LogP contribution in [0.25, 0.3) is 10.8 Å². The van der Waals surface area contributed by atoms with Crippen molar-refractivity contribution in [3.8, 4) is 0 Å². The fraction of sp³-hybridized carbons (Fsp3) is 0.276. The topological polar surface area (TPSA) is 61.4 Å². The Bertz CT molecular complexity index is 1350. The normalized spacial score (nSPS) is 13.8. The Morgan fingerprint density at radius 3 is 2.34 bits per heavy atom. The zero-order valence-electron chi connectivity index (χ0n) is 20.6. The second-order valence-electron chi connectivity index (χ2n) is 9.25. The molecule has 178 valence electrons. The van der Waals surface area contributed by atoms with Crippen molar-refractivity contribution in [3.63, 3.8) is 0 Å². The van der Waals surface area contributed by atoms with Crippen molar-refractivity contribution >= 4 is 28.3 Å². The summed E-state index contributed by atoms with van der Waals surface area (Å²) in [5.41, 5.74) is 5.53. The smallest absolute Gasteiger partial charge is 0.321 e. The van der Waals surface area contributed by atoms with Crippen molar-refractivity contribution in [1.82, 2.24) is 14.9 Å².